The lowest BCUT2D eigenvalue weighted by atomic mass is 10.1. The van der Waals surface area contributed by atoms with Crippen LogP contribution in [0.1, 0.15) is 29.9 Å². The third kappa shape index (κ3) is 4.09. The predicted molar refractivity (Wildman–Crippen MR) is 83.3 cm³/mol. The Kier molecular flexibility index (Phi) is 5.42. The maximum absolute atomic E-state index is 13.9. The molecule has 0 aliphatic carbocycles. The summed E-state index contributed by atoms with van der Waals surface area (Å²) in [6, 6.07) is 12.9. The van der Waals surface area contributed by atoms with Crippen molar-refractivity contribution in [1.82, 2.24) is 15.2 Å². The van der Waals surface area contributed by atoms with Gasteiger partial charge in [-0.3, -0.25) is 9.88 Å². The highest BCUT2D eigenvalue weighted by atomic mass is 19.1. The maximum atomic E-state index is 13.9. The summed E-state index contributed by atoms with van der Waals surface area (Å²) in [6.45, 7) is 3.45. The quantitative estimate of drug-likeness (QED) is 0.884. The van der Waals surface area contributed by atoms with Crippen LogP contribution in [-0.4, -0.2) is 24.0 Å². The molecule has 0 spiro atoms. The van der Waals surface area contributed by atoms with E-state index in [1.165, 1.54) is 6.07 Å². The minimum Gasteiger partial charge on any atom is -0.314 e. The number of rotatable bonds is 6. The molecule has 1 atom stereocenters. The third-order valence-corrected chi connectivity index (χ3v) is 3.65. The molecule has 4 heteroatoms. The molecule has 1 aromatic heterocycles. The molecule has 1 unspecified atom stereocenters. The van der Waals surface area contributed by atoms with Crippen LogP contribution >= 0.6 is 0 Å². The summed E-state index contributed by atoms with van der Waals surface area (Å²) in [5.74, 6) is -0.159. The zero-order valence-electron chi connectivity index (χ0n) is 12.8. The van der Waals surface area contributed by atoms with Gasteiger partial charge in [-0.05, 0) is 39.2 Å². The summed E-state index contributed by atoms with van der Waals surface area (Å²) >= 11 is 0. The van der Waals surface area contributed by atoms with E-state index in [4.69, 9.17) is 0 Å². The first-order valence-electron chi connectivity index (χ1n) is 7.16. The van der Waals surface area contributed by atoms with Crippen LogP contribution in [0.4, 0.5) is 4.39 Å². The zero-order valence-corrected chi connectivity index (χ0v) is 12.8. The monoisotopic (exact) mass is 287 g/mol. The van der Waals surface area contributed by atoms with Crippen molar-refractivity contribution >= 4 is 0 Å². The Balaban J connectivity index is 2.09. The van der Waals surface area contributed by atoms with Crippen molar-refractivity contribution in [2.45, 2.75) is 26.1 Å². The van der Waals surface area contributed by atoms with Crippen LogP contribution in [0.3, 0.4) is 0 Å². The fourth-order valence-electron chi connectivity index (χ4n) is 2.34. The van der Waals surface area contributed by atoms with E-state index in [2.05, 4.69) is 15.2 Å². The third-order valence-electron chi connectivity index (χ3n) is 3.65. The van der Waals surface area contributed by atoms with Crippen LogP contribution in [-0.2, 0) is 13.1 Å². The molecular weight excluding hydrogens is 265 g/mol. The summed E-state index contributed by atoms with van der Waals surface area (Å²) in [4.78, 5) is 6.70. The van der Waals surface area contributed by atoms with Crippen LogP contribution in [0.25, 0.3) is 0 Å². The molecule has 1 heterocycles. The number of benzene rings is 1. The van der Waals surface area contributed by atoms with Crippen LogP contribution < -0.4 is 5.32 Å². The molecular formula is C17H22FN3. The molecule has 0 fully saturated rings. The number of nitrogens with zero attached hydrogens (tertiary/aromatic N) is 2. The highest BCUT2D eigenvalue weighted by Crippen LogP contribution is 2.22. The molecule has 0 bridgehead atoms. The number of halogens is 1. The van der Waals surface area contributed by atoms with E-state index in [1.807, 2.05) is 51.4 Å². The van der Waals surface area contributed by atoms with Gasteiger partial charge in [-0.25, -0.2) is 4.39 Å². The van der Waals surface area contributed by atoms with Gasteiger partial charge in [0.05, 0.1) is 11.4 Å². The Hall–Kier alpha value is -1.78. The second-order valence-corrected chi connectivity index (χ2v) is 5.26. The lowest BCUT2D eigenvalue weighted by molar-refractivity contribution is 0.245. The van der Waals surface area contributed by atoms with Crippen molar-refractivity contribution in [3.05, 3.63) is 65.2 Å². The topological polar surface area (TPSA) is 28.2 Å². The molecule has 21 heavy (non-hydrogen) atoms. The average Bonchev–Trinajstić information content (AvgIpc) is 2.48. The summed E-state index contributed by atoms with van der Waals surface area (Å²) in [5.41, 5.74) is 2.72. The first-order valence-corrected chi connectivity index (χ1v) is 7.16. The molecule has 2 rings (SSSR count). The van der Waals surface area contributed by atoms with Gasteiger partial charge in [0.1, 0.15) is 5.82 Å². The average molecular weight is 287 g/mol. The van der Waals surface area contributed by atoms with Gasteiger partial charge in [0, 0.05) is 24.7 Å². The van der Waals surface area contributed by atoms with Crippen molar-refractivity contribution in [1.29, 1.82) is 0 Å². The zero-order chi connectivity index (χ0) is 15.2. The molecule has 0 aliphatic heterocycles. The summed E-state index contributed by atoms with van der Waals surface area (Å²) < 4.78 is 13.9. The fraction of sp³-hybridized carbons (Fsp3) is 0.353. The molecule has 0 radical (unpaired) electrons. The van der Waals surface area contributed by atoms with Gasteiger partial charge < -0.3 is 5.32 Å². The van der Waals surface area contributed by atoms with E-state index in [1.54, 1.807) is 6.07 Å². The van der Waals surface area contributed by atoms with Crippen LogP contribution in [0, 0.1) is 5.82 Å². The van der Waals surface area contributed by atoms with Crippen molar-refractivity contribution in [3.8, 4) is 0 Å². The van der Waals surface area contributed by atoms with Gasteiger partial charge in [0.25, 0.3) is 0 Å². The molecule has 112 valence electrons. The molecule has 2 aromatic rings. The Bertz CT molecular complexity index is 586. The molecule has 1 aromatic carbocycles. The highest BCUT2D eigenvalue weighted by Gasteiger charge is 2.15. The van der Waals surface area contributed by atoms with Gasteiger partial charge in [-0.2, -0.15) is 0 Å². The van der Waals surface area contributed by atoms with Gasteiger partial charge in [-0.1, -0.05) is 24.3 Å². The summed E-state index contributed by atoms with van der Waals surface area (Å²) in [7, 11) is 3.89. The first kappa shape index (κ1) is 15.6. The van der Waals surface area contributed by atoms with E-state index in [9.17, 15) is 4.39 Å². The van der Waals surface area contributed by atoms with Crippen LogP contribution in [0.15, 0.2) is 42.5 Å². The first-order chi connectivity index (χ1) is 10.1. The number of hydrogen-bond donors (Lipinski definition) is 1. The minimum absolute atomic E-state index is 0.000885. The van der Waals surface area contributed by atoms with E-state index >= 15 is 0 Å². The summed E-state index contributed by atoms with van der Waals surface area (Å²) in [6.07, 6.45) is 0. The molecule has 0 saturated carbocycles. The largest absolute Gasteiger partial charge is 0.314 e. The number of nitrogens with one attached hydrogen (secondary N) is 1. The van der Waals surface area contributed by atoms with Gasteiger partial charge >= 0.3 is 0 Å². The van der Waals surface area contributed by atoms with Crippen LogP contribution in [0.2, 0.25) is 0 Å². The van der Waals surface area contributed by atoms with Crippen molar-refractivity contribution in [3.63, 3.8) is 0 Å². The van der Waals surface area contributed by atoms with Crippen molar-refractivity contribution in [2.75, 3.05) is 14.1 Å². The van der Waals surface area contributed by atoms with Gasteiger partial charge in [0.2, 0.25) is 0 Å². The Labute approximate surface area is 125 Å². The normalized spacial score (nSPS) is 12.6. The lowest BCUT2D eigenvalue weighted by Crippen LogP contribution is -2.23. The number of hydrogen-bond acceptors (Lipinski definition) is 3. The maximum Gasteiger partial charge on any atom is 0.127 e. The highest BCUT2D eigenvalue weighted by molar-refractivity contribution is 5.21. The fourth-order valence-corrected chi connectivity index (χ4v) is 2.34. The molecule has 3 nitrogen and oxygen atoms in total. The smallest absolute Gasteiger partial charge is 0.127 e. The van der Waals surface area contributed by atoms with Gasteiger partial charge in [-0.15, -0.1) is 0 Å². The van der Waals surface area contributed by atoms with Crippen molar-refractivity contribution in [2.24, 2.45) is 0 Å². The van der Waals surface area contributed by atoms with Crippen molar-refractivity contribution < 1.29 is 4.39 Å². The Morgan fingerprint density at radius 3 is 2.57 bits per heavy atom. The molecule has 0 amide bonds. The predicted octanol–water partition coefficient (Wildman–Crippen LogP) is 3.13. The minimum atomic E-state index is -0.159. The standard InChI is InChI=1S/C17H22FN3/c1-13(16-9-4-5-10-17(16)18)21(3)12-15-8-6-7-14(20-15)11-19-2/h4-10,13,19H,11-12H2,1-3H3. The van der Waals surface area contributed by atoms with E-state index in [0.29, 0.717) is 12.1 Å². The van der Waals surface area contributed by atoms with E-state index in [0.717, 1.165) is 17.9 Å². The second kappa shape index (κ2) is 7.29. The Morgan fingerprint density at radius 2 is 1.86 bits per heavy atom. The summed E-state index contributed by atoms with van der Waals surface area (Å²) in [5, 5.41) is 3.09. The Morgan fingerprint density at radius 1 is 1.14 bits per heavy atom. The van der Waals surface area contributed by atoms with E-state index in [-0.39, 0.29) is 11.9 Å². The SMILES string of the molecule is CNCc1cccc(CN(C)C(C)c2ccccc2F)n1. The molecule has 0 aliphatic rings. The van der Waals surface area contributed by atoms with Gasteiger partial charge in [0.15, 0.2) is 0 Å². The second-order valence-electron chi connectivity index (χ2n) is 5.26. The van der Waals surface area contributed by atoms with Crippen LogP contribution in [0.5, 0.6) is 0 Å². The number of pyridine rings is 1. The lowest BCUT2D eigenvalue weighted by Gasteiger charge is -2.25. The number of aromatic nitrogens is 1. The van der Waals surface area contributed by atoms with E-state index < -0.39 is 0 Å². The molecule has 1 N–H and O–H groups in total. The molecule has 0 saturated heterocycles.